The molecule has 3 heteroatoms. The molecule has 0 spiro atoms. The van der Waals surface area contributed by atoms with E-state index in [1.54, 1.807) is 0 Å². The van der Waals surface area contributed by atoms with Crippen molar-refractivity contribution in [2.24, 2.45) is 0 Å². The molecule has 0 amide bonds. The second-order valence-electron chi connectivity index (χ2n) is 5.89. The van der Waals surface area contributed by atoms with Crippen molar-refractivity contribution >= 4 is 33.5 Å². The van der Waals surface area contributed by atoms with Gasteiger partial charge < -0.3 is 4.74 Å². The molecule has 0 aliphatic carbocycles. The molecular formula is C22H15BrO2. The largest absolute Gasteiger partial charge is 0.449 e. The summed E-state index contributed by atoms with van der Waals surface area (Å²) in [5, 5.41) is 0. The number of rotatable bonds is 2. The van der Waals surface area contributed by atoms with Gasteiger partial charge >= 0.3 is 5.97 Å². The quantitative estimate of drug-likeness (QED) is 0.509. The molecule has 3 aromatic rings. The summed E-state index contributed by atoms with van der Waals surface area (Å²) in [4.78, 5) is 12.5. The Hall–Kier alpha value is -2.65. The maximum Gasteiger partial charge on any atom is 0.339 e. The Labute approximate surface area is 154 Å². The number of benzene rings is 3. The smallest absolute Gasteiger partial charge is 0.339 e. The molecule has 0 radical (unpaired) electrons. The van der Waals surface area contributed by atoms with Gasteiger partial charge in [0.1, 0.15) is 0 Å². The third-order valence-corrected chi connectivity index (χ3v) is 4.79. The van der Waals surface area contributed by atoms with Crippen molar-refractivity contribution in [3.8, 4) is 0 Å². The molecule has 122 valence electrons. The third kappa shape index (κ3) is 3.15. The first-order chi connectivity index (χ1) is 12.2. The summed E-state index contributed by atoms with van der Waals surface area (Å²) in [6.07, 6.45) is 1.68. The zero-order valence-corrected chi connectivity index (χ0v) is 14.9. The maximum absolute atomic E-state index is 12.5. The first-order valence-electron chi connectivity index (χ1n) is 8.05. The highest BCUT2D eigenvalue weighted by Crippen LogP contribution is 2.41. The minimum atomic E-state index is -0.410. The van der Waals surface area contributed by atoms with Crippen LogP contribution in [-0.4, -0.2) is 5.97 Å². The predicted octanol–water partition coefficient (Wildman–Crippen LogP) is 5.90. The molecule has 1 aliphatic heterocycles. The molecule has 0 saturated carbocycles. The van der Waals surface area contributed by atoms with Crippen LogP contribution in [0.2, 0.25) is 0 Å². The van der Waals surface area contributed by atoms with Crippen LogP contribution in [0.3, 0.4) is 0 Å². The van der Waals surface area contributed by atoms with Crippen LogP contribution in [0, 0.1) is 0 Å². The van der Waals surface area contributed by atoms with Gasteiger partial charge in [-0.3, -0.25) is 0 Å². The number of fused-ring (bicyclic) bond motifs is 1. The van der Waals surface area contributed by atoms with Gasteiger partial charge in [0.25, 0.3) is 0 Å². The van der Waals surface area contributed by atoms with E-state index in [2.05, 4.69) is 22.0 Å². The topological polar surface area (TPSA) is 26.3 Å². The summed E-state index contributed by atoms with van der Waals surface area (Å²) in [7, 11) is 0. The summed E-state index contributed by atoms with van der Waals surface area (Å²) in [6, 6.07) is 25.6. The van der Waals surface area contributed by atoms with Gasteiger partial charge in [0, 0.05) is 10.0 Å². The second-order valence-corrected chi connectivity index (χ2v) is 6.81. The van der Waals surface area contributed by atoms with Crippen LogP contribution in [0.1, 0.15) is 33.2 Å². The number of cyclic esters (lactones) is 1. The minimum Gasteiger partial charge on any atom is -0.449 e. The number of halogens is 1. The van der Waals surface area contributed by atoms with Gasteiger partial charge in [0.05, 0.1) is 5.56 Å². The summed E-state index contributed by atoms with van der Waals surface area (Å²) in [5.41, 5.74) is 4.55. The van der Waals surface area contributed by atoms with Crippen molar-refractivity contribution in [1.29, 1.82) is 0 Å². The third-order valence-electron chi connectivity index (χ3n) is 4.26. The lowest BCUT2D eigenvalue weighted by molar-refractivity contribution is 0.0389. The number of esters is 1. The van der Waals surface area contributed by atoms with E-state index in [0.29, 0.717) is 5.56 Å². The molecule has 0 N–H and O–H groups in total. The molecule has 1 atom stereocenters. The van der Waals surface area contributed by atoms with E-state index in [-0.39, 0.29) is 5.97 Å². The lowest BCUT2D eigenvalue weighted by Crippen LogP contribution is -2.20. The lowest BCUT2D eigenvalue weighted by atomic mass is 9.88. The summed E-state index contributed by atoms with van der Waals surface area (Å²) in [5.74, 6) is -0.280. The van der Waals surface area contributed by atoms with Gasteiger partial charge in [0.2, 0.25) is 0 Å². The van der Waals surface area contributed by atoms with Gasteiger partial charge in [0.15, 0.2) is 6.10 Å². The molecule has 0 fully saturated rings. The monoisotopic (exact) mass is 390 g/mol. The fourth-order valence-electron chi connectivity index (χ4n) is 3.06. The lowest BCUT2D eigenvalue weighted by Gasteiger charge is -2.28. The van der Waals surface area contributed by atoms with Crippen LogP contribution < -0.4 is 0 Å². The van der Waals surface area contributed by atoms with Gasteiger partial charge in [-0.25, -0.2) is 4.79 Å². The summed E-state index contributed by atoms with van der Waals surface area (Å²) in [6.45, 7) is 0. The fraction of sp³-hybridized carbons (Fsp3) is 0.0455. The summed E-state index contributed by atoms with van der Waals surface area (Å²) < 4.78 is 6.82. The molecule has 0 saturated heterocycles. The van der Waals surface area contributed by atoms with Crippen molar-refractivity contribution in [2.75, 3.05) is 0 Å². The molecular weight excluding hydrogens is 376 g/mol. The highest BCUT2D eigenvalue weighted by Gasteiger charge is 2.31. The first kappa shape index (κ1) is 15.9. The van der Waals surface area contributed by atoms with Gasteiger partial charge in [-0.2, -0.15) is 0 Å². The normalized spacial score (nSPS) is 17.9. The number of carbonyl (C=O) groups is 1. The Balaban J connectivity index is 1.89. The first-order valence-corrected chi connectivity index (χ1v) is 8.84. The zero-order chi connectivity index (χ0) is 17.2. The molecule has 1 aliphatic rings. The second kappa shape index (κ2) is 6.69. The Morgan fingerprint density at radius 3 is 2.16 bits per heavy atom. The van der Waals surface area contributed by atoms with Gasteiger partial charge in [-0.15, -0.1) is 0 Å². The highest BCUT2D eigenvalue weighted by atomic mass is 79.9. The van der Waals surface area contributed by atoms with E-state index < -0.39 is 6.10 Å². The van der Waals surface area contributed by atoms with Crippen molar-refractivity contribution in [1.82, 2.24) is 0 Å². The molecule has 0 unspecified atom stereocenters. The highest BCUT2D eigenvalue weighted by molar-refractivity contribution is 9.10. The average molecular weight is 391 g/mol. The van der Waals surface area contributed by atoms with Crippen LogP contribution in [-0.2, 0) is 4.74 Å². The molecule has 0 bridgehead atoms. The zero-order valence-electron chi connectivity index (χ0n) is 13.4. The molecule has 1 heterocycles. The SMILES string of the molecule is O=C1O[C@H](c2ccccc2)/C(=C\c2ccc(Br)cc2)c2ccccc21. The molecule has 2 nitrogen and oxygen atoms in total. The minimum absolute atomic E-state index is 0.280. The van der Waals surface area contributed by atoms with E-state index in [9.17, 15) is 4.79 Å². The van der Waals surface area contributed by atoms with Crippen LogP contribution in [0.15, 0.2) is 83.3 Å². The van der Waals surface area contributed by atoms with Crippen LogP contribution in [0.25, 0.3) is 11.6 Å². The number of ether oxygens (including phenoxy) is 1. The predicted molar refractivity (Wildman–Crippen MR) is 103 cm³/mol. The molecule has 3 aromatic carbocycles. The standard InChI is InChI=1S/C22H15BrO2/c23-17-12-10-15(11-13-17)14-20-18-8-4-5-9-19(18)22(24)25-21(20)16-6-2-1-3-7-16/h1-14,21H/b20-14-/t21-/m1/s1. The molecule has 0 aromatic heterocycles. The van der Waals surface area contributed by atoms with Crippen molar-refractivity contribution < 1.29 is 9.53 Å². The number of hydrogen-bond donors (Lipinski definition) is 0. The Bertz CT molecular complexity index is 943. The van der Waals surface area contributed by atoms with Crippen molar-refractivity contribution in [2.45, 2.75) is 6.10 Å². The van der Waals surface area contributed by atoms with E-state index in [0.717, 1.165) is 26.7 Å². The van der Waals surface area contributed by atoms with Crippen molar-refractivity contribution in [3.63, 3.8) is 0 Å². The molecule has 4 rings (SSSR count). The van der Waals surface area contributed by atoms with Crippen LogP contribution in [0.5, 0.6) is 0 Å². The van der Waals surface area contributed by atoms with Gasteiger partial charge in [-0.05, 0) is 41.0 Å². The number of carbonyl (C=O) groups excluding carboxylic acids is 1. The van der Waals surface area contributed by atoms with Crippen LogP contribution >= 0.6 is 15.9 Å². The fourth-order valence-corrected chi connectivity index (χ4v) is 3.32. The Morgan fingerprint density at radius 2 is 1.44 bits per heavy atom. The van der Waals surface area contributed by atoms with Crippen LogP contribution in [0.4, 0.5) is 0 Å². The molecule has 25 heavy (non-hydrogen) atoms. The van der Waals surface area contributed by atoms with E-state index in [4.69, 9.17) is 4.74 Å². The Morgan fingerprint density at radius 1 is 0.800 bits per heavy atom. The Kier molecular flexibility index (Phi) is 4.24. The maximum atomic E-state index is 12.5. The van der Waals surface area contributed by atoms with Gasteiger partial charge in [-0.1, -0.05) is 76.6 Å². The van der Waals surface area contributed by atoms with E-state index in [1.807, 2.05) is 78.9 Å². The average Bonchev–Trinajstić information content (AvgIpc) is 2.66. The van der Waals surface area contributed by atoms with Crippen molar-refractivity contribution in [3.05, 3.63) is 106 Å². The van der Waals surface area contributed by atoms with E-state index in [1.165, 1.54) is 0 Å². The van der Waals surface area contributed by atoms with E-state index >= 15 is 0 Å². The number of hydrogen-bond acceptors (Lipinski definition) is 2. The summed E-state index contributed by atoms with van der Waals surface area (Å²) >= 11 is 3.46.